The summed E-state index contributed by atoms with van der Waals surface area (Å²) < 4.78 is 29.2. The van der Waals surface area contributed by atoms with Crippen molar-refractivity contribution in [2.45, 2.75) is 75.8 Å². The van der Waals surface area contributed by atoms with Crippen molar-refractivity contribution in [2.24, 2.45) is 5.73 Å². The number of nitrogens with zero attached hydrogens (tertiary/aromatic N) is 2. The zero-order chi connectivity index (χ0) is 23.6. The van der Waals surface area contributed by atoms with Gasteiger partial charge in [0.25, 0.3) is 0 Å². The number of aryl methyl sites for hydroxylation is 1. The standard InChI is InChI=1S/C26H35N3O3S/c1-3-28-16-6-7-22-17-20(10-15-25(22)28)18-29(23-8-4-5-9-23)33(31,32)24-13-11-21(12-14-24)19(2)26(27)30/h10-15,17,19,23H,3-9,16,18H2,1-2H3,(H2,27,30). The monoisotopic (exact) mass is 469 g/mol. The maximum absolute atomic E-state index is 13.8. The largest absolute Gasteiger partial charge is 0.372 e. The van der Waals surface area contributed by atoms with Gasteiger partial charge in [0.15, 0.2) is 0 Å². The third kappa shape index (κ3) is 4.94. The second-order valence-electron chi connectivity index (χ2n) is 9.33. The van der Waals surface area contributed by atoms with E-state index in [1.165, 1.54) is 11.3 Å². The Balaban J connectivity index is 1.63. The third-order valence-corrected chi connectivity index (χ3v) is 9.14. The first-order valence-electron chi connectivity index (χ1n) is 12.1. The number of carbonyl (C=O) groups is 1. The second kappa shape index (κ2) is 9.85. The van der Waals surface area contributed by atoms with E-state index >= 15 is 0 Å². The zero-order valence-corrected chi connectivity index (χ0v) is 20.5. The van der Waals surface area contributed by atoms with Crippen molar-refractivity contribution in [3.05, 3.63) is 59.2 Å². The van der Waals surface area contributed by atoms with Gasteiger partial charge in [0.2, 0.25) is 15.9 Å². The quantitative estimate of drug-likeness (QED) is 0.629. The molecule has 0 saturated heterocycles. The average molecular weight is 470 g/mol. The Labute approximate surface area is 197 Å². The van der Waals surface area contributed by atoms with Crippen LogP contribution < -0.4 is 10.6 Å². The molecule has 2 aromatic rings. The molecule has 1 aliphatic carbocycles. The number of benzene rings is 2. The first kappa shape index (κ1) is 23.8. The van der Waals surface area contributed by atoms with Crippen LogP contribution in [0.25, 0.3) is 0 Å². The smallest absolute Gasteiger partial charge is 0.243 e. The Morgan fingerprint density at radius 2 is 1.82 bits per heavy atom. The molecule has 0 spiro atoms. The molecule has 0 radical (unpaired) electrons. The lowest BCUT2D eigenvalue weighted by Crippen LogP contribution is -2.38. The number of primary amides is 1. The van der Waals surface area contributed by atoms with Gasteiger partial charge in [0, 0.05) is 31.4 Å². The summed E-state index contributed by atoms with van der Waals surface area (Å²) in [6.45, 7) is 6.35. The summed E-state index contributed by atoms with van der Waals surface area (Å²) >= 11 is 0. The van der Waals surface area contributed by atoms with Crippen molar-refractivity contribution in [3.63, 3.8) is 0 Å². The van der Waals surface area contributed by atoms with Crippen LogP contribution in [-0.2, 0) is 27.8 Å². The molecule has 1 unspecified atom stereocenters. The molecule has 1 heterocycles. The molecule has 0 aromatic heterocycles. The summed E-state index contributed by atoms with van der Waals surface area (Å²) in [7, 11) is -3.68. The predicted octanol–water partition coefficient (Wildman–Crippen LogP) is 4.18. The van der Waals surface area contributed by atoms with Gasteiger partial charge in [-0.1, -0.05) is 37.1 Å². The summed E-state index contributed by atoms with van der Waals surface area (Å²) in [5.74, 6) is -0.877. The van der Waals surface area contributed by atoms with E-state index in [4.69, 9.17) is 5.73 Å². The summed E-state index contributed by atoms with van der Waals surface area (Å²) in [6, 6.07) is 13.1. The van der Waals surface area contributed by atoms with Crippen molar-refractivity contribution in [2.75, 3.05) is 18.0 Å². The van der Waals surface area contributed by atoms with Crippen LogP contribution in [0.5, 0.6) is 0 Å². The van der Waals surface area contributed by atoms with Gasteiger partial charge >= 0.3 is 0 Å². The maximum atomic E-state index is 13.8. The molecule has 2 aromatic carbocycles. The number of hydrogen-bond acceptors (Lipinski definition) is 4. The Morgan fingerprint density at radius 3 is 2.45 bits per heavy atom. The number of fused-ring (bicyclic) bond motifs is 1. The molecular formula is C26H35N3O3S. The molecule has 1 amide bonds. The van der Waals surface area contributed by atoms with Crippen molar-refractivity contribution in [1.82, 2.24) is 4.31 Å². The van der Waals surface area contributed by atoms with Gasteiger partial charge in [-0.25, -0.2) is 8.42 Å². The Hall–Kier alpha value is -2.38. The van der Waals surface area contributed by atoms with E-state index in [-0.39, 0.29) is 10.9 Å². The molecule has 2 aliphatic rings. The summed E-state index contributed by atoms with van der Waals surface area (Å²) in [5, 5.41) is 0. The van der Waals surface area contributed by atoms with E-state index in [2.05, 4.69) is 30.0 Å². The van der Waals surface area contributed by atoms with E-state index in [0.717, 1.165) is 62.7 Å². The lowest BCUT2D eigenvalue weighted by atomic mass is 9.99. The first-order valence-corrected chi connectivity index (χ1v) is 13.5. The van der Waals surface area contributed by atoms with Gasteiger partial charge in [0.1, 0.15) is 0 Å². The van der Waals surface area contributed by atoms with Crippen LogP contribution in [0.15, 0.2) is 47.4 Å². The minimum atomic E-state index is -3.68. The van der Waals surface area contributed by atoms with E-state index in [1.54, 1.807) is 35.5 Å². The topological polar surface area (TPSA) is 83.7 Å². The molecule has 1 fully saturated rings. The number of anilines is 1. The number of amides is 1. The van der Waals surface area contributed by atoms with Crippen LogP contribution in [0.4, 0.5) is 5.69 Å². The van der Waals surface area contributed by atoms with Gasteiger partial charge in [-0.15, -0.1) is 0 Å². The second-order valence-corrected chi connectivity index (χ2v) is 11.2. The van der Waals surface area contributed by atoms with Crippen LogP contribution in [-0.4, -0.2) is 37.8 Å². The Morgan fingerprint density at radius 1 is 1.12 bits per heavy atom. The molecule has 0 bridgehead atoms. The molecular weight excluding hydrogens is 434 g/mol. The molecule has 178 valence electrons. The van der Waals surface area contributed by atoms with Crippen LogP contribution in [0, 0.1) is 0 Å². The molecule has 1 saturated carbocycles. The van der Waals surface area contributed by atoms with Gasteiger partial charge in [-0.05, 0) is 74.4 Å². The minimum absolute atomic E-state index is 0.0161. The predicted molar refractivity (Wildman–Crippen MR) is 132 cm³/mol. The minimum Gasteiger partial charge on any atom is -0.372 e. The summed E-state index contributed by atoms with van der Waals surface area (Å²) in [5.41, 5.74) is 9.77. The van der Waals surface area contributed by atoms with Crippen molar-refractivity contribution in [3.8, 4) is 0 Å². The molecule has 2 N–H and O–H groups in total. The number of carbonyl (C=O) groups excluding carboxylic acids is 1. The van der Waals surface area contributed by atoms with E-state index in [1.807, 2.05) is 0 Å². The highest BCUT2D eigenvalue weighted by atomic mass is 32.2. The molecule has 7 heteroatoms. The van der Waals surface area contributed by atoms with Gasteiger partial charge in [-0.3, -0.25) is 4.79 Å². The highest BCUT2D eigenvalue weighted by molar-refractivity contribution is 7.89. The molecule has 1 atom stereocenters. The van der Waals surface area contributed by atoms with Crippen molar-refractivity contribution < 1.29 is 13.2 Å². The van der Waals surface area contributed by atoms with E-state index in [0.29, 0.717) is 6.54 Å². The maximum Gasteiger partial charge on any atom is 0.243 e. The number of nitrogens with two attached hydrogens (primary N) is 1. The number of rotatable bonds is 8. The zero-order valence-electron chi connectivity index (χ0n) is 19.7. The fourth-order valence-corrected chi connectivity index (χ4v) is 6.84. The van der Waals surface area contributed by atoms with Gasteiger partial charge in [0.05, 0.1) is 10.8 Å². The highest BCUT2D eigenvalue weighted by Crippen LogP contribution is 2.33. The van der Waals surface area contributed by atoms with Crippen LogP contribution in [0.1, 0.15) is 68.6 Å². The fourth-order valence-electron chi connectivity index (χ4n) is 5.17. The molecule has 33 heavy (non-hydrogen) atoms. The molecule has 1 aliphatic heterocycles. The molecule has 6 nitrogen and oxygen atoms in total. The summed E-state index contributed by atoms with van der Waals surface area (Å²) in [4.78, 5) is 14.2. The lowest BCUT2D eigenvalue weighted by Gasteiger charge is -2.32. The SMILES string of the molecule is CCN1CCCc2cc(CN(C3CCCC3)S(=O)(=O)c3ccc(C(C)C(N)=O)cc3)ccc21. The number of hydrogen-bond donors (Lipinski definition) is 1. The van der Waals surface area contributed by atoms with Crippen molar-refractivity contribution >= 4 is 21.6 Å². The number of sulfonamides is 1. The van der Waals surface area contributed by atoms with Crippen molar-refractivity contribution in [1.29, 1.82) is 0 Å². The van der Waals surface area contributed by atoms with Crippen LogP contribution in [0.2, 0.25) is 0 Å². The van der Waals surface area contributed by atoms with Crippen LogP contribution in [0.3, 0.4) is 0 Å². The van der Waals surface area contributed by atoms with Crippen LogP contribution >= 0.6 is 0 Å². The lowest BCUT2D eigenvalue weighted by molar-refractivity contribution is -0.119. The average Bonchev–Trinajstić information content (AvgIpc) is 3.35. The fraction of sp³-hybridized carbons (Fsp3) is 0.500. The first-order chi connectivity index (χ1) is 15.8. The summed E-state index contributed by atoms with van der Waals surface area (Å²) in [6.07, 6.45) is 6.07. The van der Waals surface area contributed by atoms with Gasteiger partial charge in [-0.2, -0.15) is 4.31 Å². The highest BCUT2D eigenvalue weighted by Gasteiger charge is 2.33. The Bertz CT molecular complexity index is 1090. The van der Waals surface area contributed by atoms with E-state index in [9.17, 15) is 13.2 Å². The Kier molecular flexibility index (Phi) is 7.10. The van der Waals surface area contributed by atoms with E-state index < -0.39 is 21.8 Å². The molecule has 4 rings (SSSR count). The van der Waals surface area contributed by atoms with Gasteiger partial charge < -0.3 is 10.6 Å². The normalized spacial score (nSPS) is 17.8. The third-order valence-electron chi connectivity index (χ3n) is 7.22.